The van der Waals surface area contributed by atoms with Crippen molar-refractivity contribution in [2.45, 2.75) is 13.3 Å². The van der Waals surface area contributed by atoms with Gasteiger partial charge in [-0.1, -0.05) is 6.92 Å². The van der Waals surface area contributed by atoms with E-state index in [0.29, 0.717) is 48.2 Å². The number of ether oxygens (including phenoxy) is 1. The van der Waals surface area contributed by atoms with E-state index in [0.717, 1.165) is 30.0 Å². The molecule has 1 aliphatic heterocycles. The molecule has 0 atom stereocenters. The number of hydrogen-bond acceptors (Lipinski definition) is 9. The second-order valence-electron chi connectivity index (χ2n) is 7.72. The summed E-state index contributed by atoms with van der Waals surface area (Å²) < 4.78 is 5.40. The van der Waals surface area contributed by atoms with Gasteiger partial charge in [-0.05, 0) is 30.3 Å². The molecule has 1 amide bonds. The minimum Gasteiger partial charge on any atom is -0.378 e. The Hall–Kier alpha value is -4.18. The molecule has 0 spiro atoms. The first-order valence-corrected chi connectivity index (χ1v) is 11.1. The molecule has 0 unspecified atom stereocenters. The van der Waals surface area contributed by atoms with Gasteiger partial charge in [-0.3, -0.25) is 14.8 Å². The molecular weight excluding hydrogens is 432 g/mol. The summed E-state index contributed by atoms with van der Waals surface area (Å²) in [5.41, 5.74) is 3.11. The van der Waals surface area contributed by atoms with Crippen molar-refractivity contribution < 1.29 is 9.53 Å². The van der Waals surface area contributed by atoms with Crippen LogP contribution in [0.25, 0.3) is 22.3 Å². The Bertz CT molecular complexity index is 1310. The van der Waals surface area contributed by atoms with E-state index in [1.165, 1.54) is 0 Å². The Kier molecular flexibility index (Phi) is 6.21. The van der Waals surface area contributed by atoms with Crippen molar-refractivity contribution in [3.05, 3.63) is 55.1 Å². The number of pyridine rings is 3. The van der Waals surface area contributed by atoms with Crippen molar-refractivity contribution in [3.63, 3.8) is 0 Å². The summed E-state index contributed by atoms with van der Waals surface area (Å²) in [4.78, 5) is 36.9. The monoisotopic (exact) mass is 456 g/mol. The van der Waals surface area contributed by atoms with Crippen LogP contribution >= 0.6 is 0 Å². The standard InChI is InChI=1S/C24H24N8O2/c1-2-20(33)30-18-4-3-8-25-22(18)23-21-16(7-9-26-23)14-28-24(31-21)29-17-5-6-19(27-15-17)32-10-12-34-13-11-32/h3-9,14-15H,2,10-13H2,1H3,(H,30,33)(H,28,29,31). The number of amides is 1. The highest BCUT2D eigenvalue weighted by Gasteiger charge is 2.16. The van der Waals surface area contributed by atoms with Gasteiger partial charge in [0.25, 0.3) is 0 Å². The number of carbonyl (C=O) groups is 1. The van der Waals surface area contributed by atoms with Crippen molar-refractivity contribution in [1.82, 2.24) is 24.9 Å². The third-order valence-corrected chi connectivity index (χ3v) is 5.47. The van der Waals surface area contributed by atoms with Crippen LogP contribution in [0.5, 0.6) is 0 Å². The van der Waals surface area contributed by atoms with E-state index < -0.39 is 0 Å². The number of morpholine rings is 1. The van der Waals surface area contributed by atoms with Crippen molar-refractivity contribution in [2.75, 3.05) is 41.8 Å². The average Bonchev–Trinajstić information content (AvgIpc) is 2.89. The molecule has 172 valence electrons. The summed E-state index contributed by atoms with van der Waals surface area (Å²) in [5.74, 6) is 1.23. The van der Waals surface area contributed by atoms with Crippen LogP contribution in [0.3, 0.4) is 0 Å². The lowest BCUT2D eigenvalue weighted by molar-refractivity contribution is -0.115. The Morgan fingerprint density at radius 3 is 2.65 bits per heavy atom. The highest BCUT2D eigenvalue weighted by molar-refractivity contribution is 5.98. The highest BCUT2D eigenvalue weighted by atomic mass is 16.5. The van der Waals surface area contributed by atoms with E-state index in [9.17, 15) is 4.79 Å². The quantitative estimate of drug-likeness (QED) is 0.450. The second kappa shape index (κ2) is 9.75. The maximum absolute atomic E-state index is 12.0. The molecule has 0 bridgehead atoms. The van der Waals surface area contributed by atoms with Crippen LogP contribution in [-0.4, -0.2) is 57.1 Å². The number of aromatic nitrogens is 5. The maximum Gasteiger partial charge on any atom is 0.227 e. The molecule has 1 saturated heterocycles. The first-order valence-electron chi connectivity index (χ1n) is 11.1. The normalized spacial score (nSPS) is 13.6. The molecule has 0 aromatic carbocycles. The molecule has 5 heterocycles. The lowest BCUT2D eigenvalue weighted by atomic mass is 10.1. The van der Waals surface area contributed by atoms with Crippen molar-refractivity contribution in [3.8, 4) is 11.4 Å². The molecule has 34 heavy (non-hydrogen) atoms. The maximum atomic E-state index is 12.0. The molecule has 5 rings (SSSR count). The minimum atomic E-state index is -0.0977. The predicted octanol–water partition coefficient (Wildman–Crippen LogP) is 3.41. The summed E-state index contributed by atoms with van der Waals surface area (Å²) in [6.45, 7) is 4.89. The van der Waals surface area contributed by atoms with Crippen molar-refractivity contribution >= 4 is 40.0 Å². The predicted molar refractivity (Wildman–Crippen MR) is 130 cm³/mol. The van der Waals surface area contributed by atoms with E-state index in [-0.39, 0.29) is 5.91 Å². The van der Waals surface area contributed by atoms with Crippen LogP contribution in [0.15, 0.2) is 55.1 Å². The van der Waals surface area contributed by atoms with Gasteiger partial charge in [-0.25, -0.2) is 15.0 Å². The van der Waals surface area contributed by atoms with Gasteiger partial charge < -0.3 is 20.3 Å². The minimum absolute atomic E-state index is 0.0977. The molecule has 1 aliphatic rings. The first-order chi connectivity index (χ1) is 16.7. The van der Waals surface area contributed by atoms with E-state index >= 15 is 0 Å². The number of hydrogen-bond donors (Lipinski definition) is 2. The van der Waals surface area contributed by atoms with Gasteiger partial charge >= 0.3 is 0 Å². The average molecular weight is 457 g/mol. The van der Waals surface area contributed by atoms with Gasteiger partial charge in [-0.2, -0.15) is 0 Å². The van der Waals surface area contributed by atoms with Crippen LogP contribution in [0.4, 0.5) is 23.1 Å². The molecule has 0 saturated carbocycles. The van der Waals surface area contributed by atoms with Crippen LogP contribution in [0, 0.1) is 0 Å². The number of fused-ring (bicyclic) bond motifs is 1. The van der Waals surface area contributed by atoms with Crippen LogP contribution < -0.4 is 15.5 Å². The number of rotatable bonds is 6. The van der Waals surface area contributed by atoms with Crippen molar-refractivity contribution in [2.24, 2.45) is 0 Å². The Labute approximate surface area is 196 Å². The molecule has 10 nitrogen and oxygen atoms in total. The van der Waals surface area contributed by atoms with E-state index in [1.54, 1.807) is 43.8 Å². The van der Waals surface area contributed by atoms with E-state index in [1.807, 2.05) is 18.2 Å². The number of nitrogens with zero attached hydrogens (tertiary/aromatic N) is 6. The molecule has 0 aliphatic carbocycles. The van der Waals surface area contributed by atoms with E-state index in [4.69, 9.17) is 9.72 Å². The van der Waals surface area contributed by atoms with Crippen molar-refractivity contribution in [1.29, 1.82) is 0 Å². The molecular formula is C24H24N8O2. The largest absolute Gasteiger partial charge is 0.378 e. The third kappa shape index (κ3) is 4.62. The zero-order valence-electron chi connectivity index (χ0n) is 18.7. The lowest BCUT2D eigenvalue weighted by Gasteiger charge is -2.27. The molecule has 10 heteroatoms. The number of nitrogens with one attached hydrogen (secondary N) is 2. The molecule has 2 N–H and O–H groups in total. The molecule has 0 radical (unpaired) electrons. The fraction of sp³-hybridized carbons (Fsp3) is 0.250. The van der Waals surface area contributed by atoms with Gasteiger partial charge in [0.1, 0.15) is 22.7 Å². The summed E-state index contributed by atoms with van der Waals surface area (Å²) in [6.07, 6.45) is 7.21. The molecule has 4 aromatic rings. The lowest BCUT2D eigenvalue weighted by Crippen LogP contribution is -2.36. The Balaban J connectivity index is 1.44. The first kappa shape index (κ1) is 21.7. The smallest absolute Gasteiger partial charge is 0.227 e. The number of carbonyl (C=O) groups excluding carboxylic acids is 1. The fourth-order valence-electron chi connectivity index (χ4n) is 3.69. The summed E-state index contributed by atoms with van der Waals surface area (Å²) >= 11 is 0. The van der Waals surface area contributed by atoms with Gasteiger partial charge in [0.05, 0.1) is 30.8 Å². The third-order valence-electron chi connectivity index (χ3n) is 5.47. The Morgan fingerprint density at radius 1 is 1.00 bits per heavy atom. The van der Waals surface area contributed by atoms with E-state index in [2.05, 4.69) is 35.5 Å². The van der Waals surface area contributed by atoms with Gasteiger partial charge in [0, 0.05) is 43.5 Å². The highest BCUT2D eigenvalue weighted by Crippen LogP contribution is 2.30. The molecule has 1 fully saturated rings. The van der Waals surface area contributed by atoms with Crippen LogP contribution in [0.1, 0.15) is 13.3 Å². The van der Waals surface area contributed by atoms with Crippen LogP contribution in [-0.2, 0) is 9.53 Å². The summed E-state index contributed by atoms with van der Waals surface area (Å²) in [5, 5.41) is 6.92. The topological polar surface area (TPSA) is 118 Å². The molecule has 4 aromatic heterocycles. The Morgan fingerprint density at radius 2 is 1.85 bits per heavy atom. The van der Waals surface area contributed by atoms with Gasteiger partial charge in [0.15, 0.2) is 0 Å². The summed E-state index contributed by atoms with van der Waals surface area (Å²) in [6, 6.07) is 9.34. The summed E-state index contributed by atoms with van der Waals surface area (Å²) in [7, 11) is 0. The zero-order valence-corrected chi connectivity index (χ0v) is 18.7. The van der Waals surface area contributed by atoms with Gasteiger partial charge in [-0.15, -0.1) is 0 Å². The zero-order chi connectivity index (χ0) is 23.3. The number of anilines is 4. The second-order valence-corrected chi connectivity index (χ2v) is 7.72. The fourth-order valence-corrected chi connectivity index (χ4v) is 3.69. The van der Waals surface area contributed by atoms with Gasteiger partial charge in [0.2, 0.25) is 11.9 Å². The van der Waals surface area contributed by atoms with Crippen LogP contribution in [0.2, 0.25) is 0 Å². The SMILES string of the molecule is CCC(=O)Nc1cccnc1-c1nccc2cnc(Nc3ccc(N4CCOCC4)nc3)nc12.